The van der Waals surface area contributed by atoms with Crippen LogP contribution in [0.15, 0.2) is 54.6 Å². The maximum Gasteiger partial charge on any atom is 0.311 e. The van der Waals surface area contributed by atoms with E-state index in [0.717, 1.165) is 16.8 Å². The SMILES string of the molecule is Cc1c(C#N)c(NC(=O)COC(=O)Cc2ccccc2[N+](=O)[O-])n(Cc2ccccc2)c1C. The molecule has 0 radical (unpaired) electrons. The van der Waals surface area contributed by atoms with Crippen LogP contribution in [0, 0.1) is 35.3 Å². The summed E-state index contributed by atoms with van der Waals surface area (Å²) in [5, 5.41) is 23.4. The van der Waals surface area contributed by atoms with Crippen LogP contribution < -0.4 is 5.32 Å². The number of ether oxygens (including phenoxy) is 1. The molecule has 9 heteroatoms. The van der Waals surface area contributed by atoms with Crippen LogP contribution in [0.4, 0.5) is 11.5 Å². The van der Waals surface area contributed by atoms with Crippen molar-refractivity contribution in [2.24, 2.45) is 0 Å². The van der Waals surface area contributed by atoms with E-state index < -0.39 is 23.4 Å². The van der Waals surface area contributed by atoms with Crippen LogP contribution in [0.1, 0.15) is 27.9 Å². The average molecular weight is 446 g/mol. The predicted molar refractivity (Wildman–Crippen MR) is 121 cm³/mol. The van der Waals surface area contributed by atoms with Crippen LogP contribution in [0.2, 0.25) is 0 Å². The summed E-state index contributed by atoms with van der Waals surface area (Å²) >= 11 is 0. The van der Waals surface area contributed by atoms with Gasteiger partial charge in [-0.15, -0.1) is 0 Å². The normalized spacial score (nSPS) is 10.3. The number of esters is 1. The van der Waals surface area contributed by atoms with Crippen LogP contribution in [0.3, 0.4) is 0 Å². The Morgan fingerprint density at radius 2 is 1.79 bits per heavy atom. The summed E-state index contributed by atoms with van der Waals surface area (Å²) in [6.07, 6.45) is -0.337. The van der Waals surface area contributed by atoms with Crippen LogP contribution in [-0.2, 0) is 27.3 Å². The van der Waals surface area contributed by atoms with Crippen molar-refractivity contribution < 1.29 is 19.2 Å². The van der Waals surface area contributed by atoms with Crippen molar-refractivity contribution in [2.75, 3.05) is 11.9 Å². The third kappa shape index (κ3) is 5.43. The maximum atomic E-state index is 12.5. The van der Waals surface area contributed by atoms with Crippen LogP contribution >= 0.6 is 0 Å². The molecule has 0 aliphatic carbocycles. The van der Waals surface area contributed by atoms with Gasteiger partial charge in [0.1, 0.15) is 11.9 Å². The summed E-state index contributed by atoms with van der Waals surface area (Å²) in [6, 6.07) is 17.6. The minimum atomic E-state index is -0.771. The smallest absolute Gasteiger partial charge is 0.311 e. The van der Waals surface area contributed by atoms with E-state index >= 15 is 0 Å². The number of nitro benzene ring substituents is 1. The fourth-order valence-electron chi connectivity index (χ4n) is 3.45. The molecule has 2 aromatic carbocycles. The number of anilines is 1. The third-order valence-corrected chi connectivity index (χ3v) is 5.27. The Hall–Kier alpha value is -4.45. The molecule has 3 rings (SSSR count). The summed E-state index contributed by atoms with van der Waals surface area (Å²) < 4.78 is 6.85. The largest absolute Gasteiger partial charge is 0.455 e. The minimum absolute atomic E-state index is 0.192. The molecule has 0 bridgehead atoms. The molecule has 0 fully saturated rings. The van der Waals surface area contributed by atoms with E-state index in [1.54, 1.807) is 13.0 Å². The van der Waals surface area contributed by atoms with Gasteiger partial charge in [0.25, 0.3) is 11.6 Å². The van der Waals surface area contributed by atoms with Gasteiger partial charge in [-0.1, -0.05) is 48.5 Å². The quantitative estimate of drug-likeness (QED) is 0.320. The summed E-state index contributed by atoms with van der Waals surface area (Å²) in [6.45, 7) is 3.53. The number of carbonyl (C=O) groups is 2. The molecule has 0 spiro atoms. The highest BCUT2D eigenvalue weighted by atomic mass is 16.6. The highest BCUT2D eigenvalue weighted by molar-refractivity contribution is 5.94. The summed E-state index contributed by atoms with van der Waals surface area (Å²) in [7, 11) is 0. The second-order valence-corrected chi connectivity index (χ2v) is 7.39. The maximum absolute atomic E-state index is 12.5. The van der Waals surface area contributed by atoms with Gasteiger partial charge in [0, 0.05) is 23.9 Å². The second-order valence-electron chi connectivity index (χ2n) is 7.39. The first kappa shape index (κ1) is 23.2. The van der Waals surface area contributed by atoms with E-state index in [1.165, 1.54) is 18.2 Å². The van der Waals surface area contributed by atoms with E-state index in [4.69, 9.17) is 4.74 Å². The molecule has 1 amide bonds. The fraction of sp³-hybridized carbons (Fsp3) is 0.208. The van der Waals surface area contributed by atoms with E-state index in [9.17, 15) is 25.0 Å². The van der Waals surface area contributed by atoms with Crippen LogP contribution in [0.5, 0.6) is 0 Å². The first-order valence-electron chi connectivity index (χ1n) is 10.1. The standard InChI is InChI=1S/C24H22N4O5/c1-16-17(2)27(14-18-8-4-3-5-9-18)24(20(16)13-25)26-22(29)15-33-23(30)12-19-10-6-7-11-21(19)28(31)32/h3-11H,12,14-15H2,1-2H3,(H,26,29). The number of rotatable bonds is 8. The monoisotopic (exact) mass is 446 g/mol. The third-order valence-electron chi connectivity index (χ3n) is 5.27. The molecule has 1 N–H and O–H groups in total. The Bertz CT molecular complexity index is 1240. The van der Waals surface area contributed by atoms with Crippen molar-refractivity contribution in [2.45, 2.75) is 26.8 Å². The Morgan fingerprint density at radius 1 is 1.12 bits per heavy atom. The Labute approximate surface area is 190 Å². The molecule has 0 aliphatic heterocycles. The van der Waals surface area contributed by atoms with Gasteiger partial charge < -0.3 is 14.6 Å². The Kier molecular flexibility index (Phi) is 7.20. The van der Waals surface area contributed by atoms with Crippen molar-refractivity contribution in [1.29, 1.82) is 5.26 Å². The van der Waals surface area contributed by atoms with Crippen molar-refractivity contribution >= 4 is 23.4 Å². The lowest BCUT2D eigenvalue weighted by atomic mass is 10.1. The van der Waals surface area contributed by atoms with Crippen molar-refractivity contribution in [3.63, 3.8) is 0 Å². The topological polar surface area (TPSA) is 127 Å². The molecule has 0 aliphatic rings. The molecule has 0 unspecified atom stereocenters. The van der Waals surface area contributed by atoms with E-state index in [0.29, 0.717) is 17.9 Å². The lowest BCUT2D eigenvalue weighted by Gasteiger charge is -2.13. The zero-order valence-electron chi connectivity index (χ0n) is 18.2. The number of benzene rings is 2. The van der Waals surface area contributed by atoms with Gasteiger partial charge in [-0.3, -0.25) is 19.7 Å². The highest BCUT2D eigenvalue weighted by Crippen LogP contribution is 2.27. The number of para-hydroxylation sites is 1. The number of hydrogen-bond acceptors (Lipinski definition) is 6. The molecule has 1 heterocycles. The van der Waals surface area contributed by atoms with Crippen molar-refractivity contribution in [3.05, 3.63) is 92.7 Å². The summed E-state index contributed by atoms with van der Waals surface area (Å²) in [4.78, 5) is 35.2. The minimum Gasteiger partial charge on any atom is -0.455 e. The summed E-state index contributed by atoms with van der Waals surface area (Å²) in [5.41, 5.74) is 2.91. The zero-order chi connectivity index (χ0) is 24.0. The molecular formula is C24H22N4O5. The van der Waals surface area contributed by atoms with Gasteiger partial charge >= 0.3 is 5.97 Å². The van der Waals surface area contributed by atoms with Gasteiger partial charge in [-0.25, -0.2) is 0 Å². The molecule has 33 heavy (non-hydrogen) atoms. The molecule has 0 saturated heterocycles. The van der Waals surface area contributed by atoms with Crippen molar-refractivity contribution in [3.8, 4) is 6.07 Å². The molecular weight excluding hydrogens is 424 g/mol. The number of aromatic nitrogens is 1. The lowest BCUT2D eigenvalue weighted by molar-refractivity contribution is -0.385. The van der Waals surface area contributed by atoms with Gasteiger partial charge in [0.05, 0.1) is 16.9 Å². The van der Waals surface area contributed by atoms with Crippen LogP contribution in [0.25, 0.3) is 0 Å². The van der Waals surface area contributed by atoms with Crippen molar-refractivity contribution in [1.82, 2.24) is 4.57 Å². The zero-order valence-corrected chi connectivity index (χ0v) is 18.2. The first-order chi connectivity index (χ1) is 15.8. The first-order valence-corrected chi connectivity index (χ1v) is 10.1. The predicted octanol–water partition coefficient (Wildman–Crippen LogP) is 3.66. The number of carbonyl (C=O) groups excluding carboxylic acids is 2. The molecule has 0 saturated carbocycles. The number of nitrogens with zero attached hydrogens (tertiary/aromatic N) is 3. The van der Waals surface area contributed by atoms with Gasteiger partial charge in [0.15, 0.2) is 6.61 Å². The highest BCUT2D eigenvalue weighted by Gasteiger charge is 2.21. The molecule has 0 atom stereocenters. The Morgan fingerprint density at radius 3 is 2.45 bits per heavy atom. The average Bonchev–Trinajstić information content (AvgIpc) is 3.02. The lowest BCUT2D eigenvalue weighted by Crippen LogP contribution is -2.24. The van der Waals surface area contributed by atoms with E-state index in [-0.39, 0.29) is 17.7 Å². The van der Waals surface area contributed by atoms with E-state index in [1.807, 2.05) is 41.8 Å². The number of nitrogens with one attached hydrogen (secondary N) is 1. The second kappa shape index (κ2) is 10.2. The molecule has 3 aromatic rings. The van der Waals surface area contributed by atoms with Gasteiger partial charge in [-0.2, -0.15) is 5.26 Å². The molecule has 168 valence electrons. The number of nitro groups is 1. The van der Waals surface area contributed by atoms with E-state index in [2.05, 4.69) is 11.4 Å². The van der Waals surface area contributed by atoms with Gasteiger partial charge in [0.2, 0.25) is 0 Å². The van der Waals surface area contributed by atoms with Gasteiger partial charge in [-0.05, 0) is 25.0 Å². The Balaban J connectivity index is 1.70. The van der Waals surface area contributed by atoms with Crippen LogP contribution in [-0.4, -0.2) is 28.0 Å². The fourth-order valence-corrected chi connectivity index (χ4v) is 3.45. The number of hydrogen-bond donors (Lipinski definition) is 1. The molecule has 9 nitrogen and oxygen atoms in total. The number of amides is 1. The number of nitriles is 1. The molecule has 1 aromatic heterocycles. The summed E-state index contributed by atoms with van der Waals surface area (Å²) in [5.74, 6) is -1.06.